The number of nitrogens with two attached hydrogens (primary N) is 1. The first-order chi connectivity index (χ1) is 12.6. The minimum absolute atomic E-state index is 0.0273. The Labute approximate surface area is 153 Å². The number of nitrogen functional groups attached to an aromatic ring is 1. The van der Waals surface area contributed by atoms with Crippen LogP contribution in [0, 0.1) is 13.8 Å². The van der Waals surface area contributed by atoms with Gasteiger partial charge in [-0.25, -0.2) is 4.79 Å². The lowest BCUT2D eigenvalue weighted by molar-refractivity contribution is -0.137. The minimum Gasteiger partial charge on any atom is -0.478 e. The van der Waals surface area contributed by atoms with Gasteiger partial charge in [-0.3, -0.25) is 0 Å². The fraction of sp³-hybridized carbons (Fsp3) is 0.150. The van der Waals surface area contributed by atoms with Crippen LogP contribution in [0.25, 0.3) is 16.8 Å². The van der Waals surface area contributed by atoms with Gasteiger partial charge in [-0.2, -0.15) is 13.2 Å². The van der Waals surface area contributed by atoms with E-state index in [2.05, 4.69) is 0 Å². The molecule has 3 N–H and O–H groups in total. The lowest BCUT2D eigenvalue weighted by atomic mass is 10.0. The van der Waals surface area contributed by atoms with Crippen LogP contribution in [0.1, 0.15) is 27.3 Å². The molecular formula is C20H17F3N2O2. The largest absolute Gasteiger partial charge is 0.478 e. The number of anilines is 1. The standard InChI is InChI=1S/C20H17F3N2O2/c1-11-8-16(19(26)27)12(2)25(11)18-7-6-14(10-17(18)20(21,22)23)13-4-3-5-15(24)9-13/h3-10H,24H2,1-2H3,(H,26,27). The van der Waals surface area contributed by atoms with Gasteiger partial charge in [0.05, 0.1) is 16.8 Å². The molecule has 3 aromatic rings. The van der Waals surface area contributed by atoms with Crippen molar-refractivity contribution in [2.24, 2.45) is 0 Å². The fourth-order valence-corrected chi connectivity index (χ4v) is 3.21. The Morgan fingerprint density at radius 2 is 1.70 bits per heavy atom. The molecule has 4 nitrogen and oxygen atoms in total. The van der Waals surface area contributed by atoms with Gasteiger partial charge in [-0.1, -0.05) is 18.2 Å². The predicted molar refractivity (Wildman–Crippen MR) is 97.1 cm³/mol. The summed E-state index contributed by atoms with van der Waals surface area (Å²) in [7, 11) is 0. The van der Waals surface area contributed by atoms with Crippen molar-refractivity contribution in [2.45, 2.75) is 20.0 Å². The summed E-state index contributed by atoms with van der Waals surface area (Å²) < 4.78 is 42.7. The Morgan fingerprint density at radius 3 is 2.26 bits per heavy atom. The zero-order chi connectivity index (χ0) is 19.9. The van der Waals surface area contributed by atoms with Crippen LogP contribution in [0.2, 0.25) is 0 Å². The van der Waals surface area contributed by atoms with Crippen molar-refractivity contribution in [3.05, 3.63) is 71.0 Å². The molecule has 27 heavy (non-hydrogen) atoms. The van der Waals surface area contributed by atoms with Crippen LogP contribution in [0.3, 0.4) is 0 Å². The van der Waals surface area contributed by atoms with Crippen molar-refractivity contribution in [3.8, 4) is 16.8 Å². The number of carbonyl (C=O) groups is 1. The molecule has 0 aliphatic heterocycles. The molecule has 0 radical (unpaired) electrons. The minimum atomic E-state index is -4.61. The lowest BCUT2D eigenvalue weighted by Crippen LogP contribution is -2.13. The number of nitrogens with zero attached hydrogens (tertiary/aromatic N) is 1. The van der Waals surface area contributed by atoms with E-state index in [1.807, 2.05) is 0 Å². The van der Waals surface area contributed by atoms with Gasteiger partial charge >= 0.3 is 12.1 Å². The first-order valence-corrected chi connectivity index (χ1v) is 8.09. The highest BCUT2D eigenvalue weighted by molar-refractivity contribution is 5.89. The van der Waals surface area contributed by atoms with E-state index in [1.165, 1.54) is 23.6 Å². The average Bonchev–Trinajstić information content (AvgIpc) is 2.88. The third-order valence-corrected chi connectivity index (χ3v) is 4.42. The van der Waals surface area contributed by atoms with Crippen LogP contribution >= 0.6 is 0 Å². The van der Waals surface area contributed by atoms with Gasteiger partial charge in [0, 0.05) is 17.1 Å². The maximum Gasteiger partial charge on any atom is 0.418 e. The Hall–Kier alpha value is -3.22. The third-order valence-electron chi connectivity index (χ3n) is 4.42. The van der Waals surface area contributed by atoms with Crippen molar-refractivity contribution in [3.63, 3.8) is 0 Å². The molecule has 140 valence electrons. The van der Waals surface area contributed by atoms with Gasteiger partial charge in [-0.15, -0.1) is 0 Å². The Morgan fingerprint density at radius 1 is 1.04 bits per heavy atom. The van der Waals surface area contributed by atoms with E-state index in [0.29, 0.717) is 22.5 Å². The first kappa shape index (κ1) is 18.6. The van der Waals surface area contributed by atoms with Crippen LogP contribution in [0.5, 0.6) is 0 Å². The molecule has 0 atom stereocenters. The Bertz CT molecular complexity index is 1040. The number of benzene rings is 2. The molecule has 2 aromatic carbocycles. The van der Waals surface area contributed by atoms with Gasteiger partial charge in [0.1, 0.15) is 0 Å². The SMILES string of the molecule is Cc1cc(C(=O)O)c(C)n1-c1ccc(-c2cccc(N)c2)cc1C(F)(F)F. The van der Waals surface area contributed by atoms with E-state index in [-0.39, 0.29) is 16.9 Å². The van der Waals surface area contributed by atoms with E-state index >= 15 is 0 Å². The summed E-state index contributed by atoms with van der Waals surface area (Å²) in [5, 5.41) is 9.25. The molecule has 0 saturated heterocycles. The van der Waals surface area contributed by atoms with Gasteiger partial charge in [0.15, 0.2) is 0 Å². The maximum atomic E-state index is 13.8. The molecule has 0 aliphatic rings. The summed E-state index contributed by atoms with van der Waals surface area (Å²) in [6.07, 6.45) is -4.61. The van der Waals surface area contributed by atoms with Crippen molar-refractivity contribution in [1.82, 2.24) is 4.57 Å². The number of aryl methyl sites for hydroxylation is 1. The highest BCUT2D eigenvalue weighted by atomic mass is 19.4. The van der Waals surface area contributed by atoms with E-state index in [4.69, 9.17) is 5.73 Å². The van der Waals surface area contributed by atoms with Gasteiger partial charge in [0.2, 0.25) is 0 Å². The van der Waals surface area contributed by atoms with E-state index < -0.39 is 17.7 Å². The van der Waals surface area contributed by atoms with E-state index in [0.717, 1.165) is 6.07 Å². The smallest absolute Gasteiger partial charge is 0.418 e. The maximum absolute atomic E-state index is 13.8. The number of rotatable bonds is 3. The zero-order valence-corrected chi connectivity index (χ0v) is 14.6. The molecule has 0 unspecified atom stereocenters. The molecule has 0 spiro atoms. The normalized spacial score (nSPS) is 11.6. The predicted octanol–water partition coefficient (Wildman–Crippen LogP) is 5.06. The summed E-state index contributed by atoms with van der Waals surface area (Å²) in [5.41, 5.74) is 6.79. The zero-order valence-electron chi connectivity index (χ0n) is 14.6. The third kappa shape index (κ3) is 3.40. The van der Waals surface area contributed by atoms with Crippen LogP contribution in [-0.4, -0.2) is 15.6 Å². The molecule has 0 fully saturated rings. The monoisotopic (exact) mass is 374 g/mol. The second-order valence-electron chi connectivity index (χ2n) is 6.28. The molecular weight excluding hydrogens is 357 g/mol. The molecule has 0 aliphatic carbocycles. The van der Waals surface area contributed by atoms with Gasteiger partial charge in [-0.05, 0) is 55.3 Å². The number of carboxylic acid groups (broad SMARTS) is 1. The second-order valence-corrected chi connectivity index (χ2v) is 6.28. The number of hydrogen-bond acceptors (Lipinski definition) is 2. The van der Waals surface area contributed by atoms with Gasteiger partial charge in [0.25, 0.3) is 0 Å². The summed E-state index contributed by atoms with van der Waals surface area (Å²) in [4.78, 5) is 11.3. The topological polar surface area (TPSA) is 68.2 Å². The lowest BCUT2D eigenvalue weighted by Gasteiger charge is -2.18. The van der Waals surface area contributed by atoms with Crippen molar-refractivity contribution in [1.29, 1.82) is 0 Å². The molecule has 0 bridgehead atoms. The molecule has 0 amide bonds. The molecule has 3 rings (SSSR count). The van der Waals surface area contributed by atoms with Crippen LogP contribution in [0.4, 0.5) is 18.9 Å². The second kappa shape index (κ2) is 6.50. The number of halogens is 3. The molecule has 7 heteroatoms. The number of alkyl halides is 3. The Balaban J connectivity index is 2.25. The summed E-state index contributed by atoms with van der Waals surface area (Å²) in [6, 6.07) is 12.0. The fourth-order valence-electron chi connectivity index (χ4n) is 3.21. The molecule has 1 heterocycles. The van der Waals surface area contributed by atoms with Crippen LogP contribution in [0.15, 0.2) is 48.5 Å². The van der Waals surface area contributed by atoms with Crippen molar-refractivity contribution < 1.29 is 23.1 Å². The molecule has 1 aromatic heterocycles. The van der Waals surface area contributed by atoms with E-state index in [1.54, 1.807) is 37.3 Å². The number of aromatic carboxylic acids is 1. The number of carboxylic acids is 1. The summed E-state index contributed by atoms with van der Waals surface area (Å²) >= 11 is 0. The number of hydrogen-bond donors (Lipinski definition) is 2. The van der Waals surface area contributed by atoms with Crippen molar-refractivity contribution >= 4 is 11.7 Å². The quantitative estimate of drug-likeness (QED) is 0.630. The van der Waals surface area contributed by atoms with E-state index in [9.17, 15) is 23.1 Å². The molecule has 0 saturated carbocycles. The summed E-state index contributed by atoms with van der Waals surface area (Å²) in [5.74, 6) is -1.18. The van der Waals surface area contributed by atoms with Crippen LogP contribution < -0.4 is 5.73 Å². The average molecular weight is 374 g/mol. The van der Waals surface area contributed by atoms with Gasteiger partial charge < -0.3 is 15.4 Å². The summed E-state index contributed by atoms with van der Waals surface area (Å²) in [6.45, 7) is 3.06. The first-order valence-electron chi connectivity index (χ1n) is 8.09. The highest BCUT2D eigenvalue weighted by Gasteiger charge is 2.35. The van der Waals surface area contributed by atoms with Crippen LogP contribution in [-0.2, 0) is 6.18 Å². The Kier molecular flexibility index (Phi) is 4.47. The number of aromatic nitrogens is 1. The highest BCUT2D eigenvalue weighted by Crippen LogP contribution is 2.38. The van der Waals surface area contributed by atoms with Crippen molar-refractivity contribution in [2.75, 3.05) is 5.73 Å².